The third-order valence-corrected chi connectivity index (χ3v) is 7.36. The van der Waals surface area contributed by atoms with Gasteiger partial charge in [-0.05, 0) is 61.9 Å². The highest BCUT2D eigenvalue weighted by molar-refractivity contribution is 7.12. The number of nitrogens with two attached hydrogens (primary N) is 1. The molecular weight excluding hydrogens is 475 g/mol. The summed E-state index contributed by atoms with van der Waals surface area (Å²) in [5.41, 5.74) is 9.63. The Hall–Kier alpha value is -3.53. The second-order valence-electron chi connectivity index (χ2n) is 8.62. The van der Waals surface area contributed by atoms with E-state index in [4.69, 9.17) is 11.4 Å². The van der Waals surface area contributed by atoms with Gasteiger partial charge in [-0.2, -0.15) is 18.3 Å². The highest BCUT2D eigenvalue weighted by Gasteiger charge is 2.46. The summed E-state index contributed by atoms with van der Waals surface area (Å²) in [5, 5.41) is 9.97. The van der Waals surface area contributed by atoms with Gasteiger partial charge in [-0.15, -0.1) is 16.5 Å². The number of nitrogens with one attached hydrogen (secondary N) is 2. The molecule has 3 aromatic rings. The van der Waals surface area contributed by atoms with Gasteiger partial charge in [0, 0.05) is 15.3 Å². The van der Waals surface area contributed by atoms with Crippen LogP contribution in [0.4, 0.5) is 13.2 Å². The molecule has 10 heteroatoms. The fraction of sp³-hybridized carbons (Fsp3) is 0.280. The molecule has 1 aliphatic rings. The number of amides is 1. The minimum atomic E-state index is -4.39. The van der Waals surface area contributed by atoms with Gasteiger partial charge >= 0.3 is 6.18 Å². The first kappa shape index (κ1) is 24.6. The summed E-state index contributed by atoms with van der Waals surface area (Å²) in [7, 11) is 0. The zero-order valence-electron chi connectivity index (χ0n) is 19.2. The van der Waals surface area contributed by atoms with Crippen LogP contribution in [0.1, 0.15) is 60.8 Å². The van der Waals surface area contributed by atoms with Crippen molar-refractivity contribution >= 4 is 23.1 Å². The van der Waals surface area contributed by atoms with Gasteiger partial charge in [0.25, 0.3) is 5.91 Å². The number of rotatable bonds is 6. The molecule has 0 aliphatic heterocycles. The predicted octanol–water partition coefficient (Wildman–Crippen LogP) is 6.04. The maximum Gasteiger partial charge on any atom is 0.416 e. The number of amidine groups is 1. The van der Waals surface area contributed by atoms with Crippen LogP contribution in [-0.4, -0.2) is 11.7 Å². The summed E-state index contributed by atoms with van der Waals surface area (Å²) in [6.45, 7) is 3.81. The second-order valence-corrected chi connectivity index (χ2v) is 10.0. The molecule has 1 aromatic heterocycles. The number of hydrazone groups is 1. The number of aryl methyl sites for hydroxylation is 2. The molecule has 6 nitrogen and oxygen atoms in total. The van der Waals surface area contributed by atoms with Crippen LogP contribution in [0.25, 0.3) is 0 Å². The van der Waals surface area contributed by atoms with Crippen molar-refractivity contribution in [3.8, 4) is 0 Å². The van der Waals surface area contributed by atoms with E-state index in [-0.39, 0.29) is 11.7 Å². The van der Waals surface area contributed by atoms with Gasteiger partial charge in [0.15, 0.2) is 5.84 Å². The van der Waals surface area contributed by atoms with Gasteiger partial charge in [-0.25, -0.2) is 5.53 Å². The van der Waals surface area contributed by atoms with Crippen LogP contribution in [-0.2, 0) is 18.1 Å². The molecule has 0 saturated heterocycles. The molecule has 182 valence electrons. The van der Waals surface area contributed by atoms with Crippen molar-refractivity contribution in [3.05, 3.63) is 91.7 Å². The molecule has 1 fully saturated rings. The number of carbonyl (C=O) groups excluding carboxylic acids is 1. The maximum absolute atomic E-state index is 13.4. The second kappa shape index (κ2) is 9.26. The number of benzene rings is 2. The first-order chi connectivity index (χ1) is 16.6. The zero-order chi connectivity index (χ0) is 25.4. The molecule has 4 rings (SSSR count). The van der Waals surface area contributed by atoms with Crippen molar-refractivity contribution in [1.82, 2.24) is 5.32 Å². The molecule has 4 N–H and O–H groups in total. The molecule has 0 spiro atoms. The van der Waals surface area contributed by atoms with Crippen molar-refractivity contribution < 1.29 is 18.0 Å². The van der Waals surface area contributed by atoms with E-state index in [9.17, 15) is 18.0 Å². The Bertz CT molecular complexity index is 1290. The van der Waals surface area contributed by atoms with Crippen LogP contribution in [0.3, 0.4) is 0 Å². The Balaban J connectivity index is 1.56. The molecule has 0 unspecified atom stereocenters. The van der Waals surface area contributed by atoms with Crippen LogP contribution in [0.5, 0.6) is 0 Å². The molecule has 1 heterocycles. The lowest BCUT2D eigenvalue weighted by molar-refractivity contribution is -0.137. The molecule has 0 radical (unpaired) electrons. The van der Waals surface area contributed by atoms with Gasteiger partial charge in [0.1, 0.15) is 0 Å². The van der Waals surface area contributed by atoms with E-state index in [1.807, 2.05) is 26.0 Å². The summed E-state index contributed by atoms with van der Waals surface area (Å²) >= 11 is 1.51. The van der Waals surface area contributed by atoms with Gasteiger partial charge in [0.05, 0.1) is 16.7 Å². The van der Waals surface area contributed by atoms with Crippen LogP contribution >= 0.6 is 11.3 Å². The predicted molar refractivity (Wildman–Crippen MR) is 129 cm³/mol. The van der Waals surface area contributed by atoms with E-state index in [1.165, 1.54) is 23.5 Å². The normalized spacial score (nSPS) is 15.1. The smallest absolute Gasteiger partial charge is 0.342 e. The average Bonchev–Trinajstić information content (AvgIpc) is 3.54. The Labute approximate surface area is 204 Å². The van der Waals surface area contributed by atoms with Crippen LogP contribution < -0.4 is 11.2 Å². The standard InChI is InChI=1S/C25H24F3N5OS/c1-14-20(13-16-3-7-19(8-4-16)25(26,27)28)21(15(2)35-14)23(34)31-24(11-12-24)18-9-5-17(6-10-18)22(32-29)33-30/h3-10,29H,11-13,30H2,1-2H3,(H,31,34)/b32-29?,33-22-. The van der Waals surface area contributed by atoms with E-state index < -0.39 is 17.3 Å². The molecule has 1 aliphatic carbocycles. The Morgan fingerprint density at radius 3 is 2.23 bits per heavy atom. The number of alkyl halides is 3. The summed E-state index contributed by atoms with van der Waals surface area (Å²) in [4.78, 5) is 15.3. The minimum absolute atomic E-state index is 0.114. The van der Waals surface area contributed by atoms with E-state index in [0.717, 1.165) is 45.9 Å². The molecule has 1 amide bonds. The number of halogens is 3. The summed E-state index contributed by atoms with van der Waals surface area (Å²) in [6.07, 6.45) is -2.44. The van der Waals surface area contributed by atoms with E-state index in [2.05, 4.69) is 15.5 Å². The lowest BCUT2D eigenvalue weighted by atomic mass is 9.97. The number of carbonyl (C=O) groups is 1. The van der Waals surface area contributed by atoms with Crippen molar-refractivity contribution in [2.24, 2.45) is 16.1 Å². The van der Waals surface area contributed by atoms with Crippen molar-refractivity contribution in [2.45, 2.75) is 44.8 Å². The molecule has 0 atom stereocenters. The Morgan fingerprint density at radius 1 is 1.09 bits per heavy atom. The number of nitrogens with zero attached hydrogens (tertiary/aromatic N) is 2. The van der Waals surface area contributed by atoms with E-state index >= 15 is 0 Å². The van der Waals surface area contributed by atoms with Crippen LogP contribution in [0, 0.1) is 19.4 Å². The molecule has 35 heavy (non-hydrogen) atoms. The van der Waals surface area contributed by atoms with E-state index in [1.54, 1.807) is 12.1 Å². The number of hydrogen-bond acceptors (Lipinski definition) is 5. The van der Waals surface area contributed by atoms with Crippen molar-refractivity contribution in [3.63, 3.8) is 0 Å². The number of thiophene rings is 1. The van der Waals surface area contributed by atoms with Crippen molar-refractivity contribution in [1.29, 1.82) is 5.53 Å². The SMILES string of the molecule is Cc1sc(C)c(C(=O)NC2(c3ccc(/C(N=N)=N/N)cc3)CC2)c1Cc1ccc(C(F)(F)F)cc1. The lowest BCUT2D eigenvalue weighted by Gasteiger charge is -2.19. The quantitative estimate of drug-likeness (QED) is 0.126. The number of hydrogen-bond donors (Lipinski definition) is 3. The molecule has 1 saturated carbocycles. The van der Waals surface area contributed by atoms with E-state index in [0.29, 0.717) is 23.1 Å². The van der Waals surface area contributed by atoms with Gasteiger partial charge in [-0.1, -0.05) is 36.4 Å². The fourth-order valence-corrected chi connectivity index (χ4v) is 5.33. The van der Waals surface area contributed by atoms with Crippen molar-refractivity contribution in [2.75, 3.05) is 0 Å². The van der Waals surface area contributed by atoms with Gasteiger partial charge in [0.2, 0.25) is 0 Å². The van der Waals surface area contributed by atoms with Crippen LogP contribution in [0.15, 0.2) is 58.7 Å². The fourth-order valence-electron chi connectivity index (χ4n) is 4.25. The zero-order valence-corrected chi connectivity index (χ0v) is 20.0. The first-order valence-corrected chi connectivity index (χ1v) is 11.7. The minimum Gasteiger partial charge on any atom is -0.342 e. The maximum atomic E-state index is 13.4. The summed E-state index contributed by atoms with van der Waals surface area (Å²) in [5.74, 6) is 5.18. The molecule has 0 bridgehead atoms. The monoisotopic (exact) mass is 499 g/mol. The average molecular weight is 500 g/mol. The highest BCUT2D eigenvalue weighted by atomic mass is 32.1. The lowest BCUT2D eigenvalue weighted by Crippen LogP contribution is -2.35. The molecule has 2 aromatic carbocycles. The Kier molecular flexibility index (Phi) is 6.50. The first-order valence-electron chi connectivity index (χ1n) is 10.9. The summed E-state index contributed by atoms with van der Waals surface area (Å²) < 4.78 is 38.7. The molecular formula is C25H24F3N5OS. The third kappa shape index (κ3) is 4.97. The largest absolute Gasteiger partial charge is 0.416 e. The van der Waals surface area contributed by atoms with Crippen LogP contribution in [0.2, 0.25) is 0 Å². The van der Waals surface area contributed by atoms with Gasteiger partial charge < -0.3 is 11.2 Å². The summed E-state index contributed by atoms with van der Waals surface area (Å²) in [6, 6.07) is 12.3. The Morgan fingerprint density at radius 2 is 1.71 bits per heavy atom. The topological polar surface area (TPSA) is 104 Å². The highest BCUT2D eigenvalue weighted by Crippen LogP contribution is 2.46. The van der Waals surface area contributed by atoms with Gasteiger partial charge in [-0.3, -0.25) is 4.79 Å². The third-order valence-electron chi connectivity index (χ3n) is 6.30.